The van der Waals surface area contributed by atoms with Gasteiger partial charge in [0.15, 0.2) is 0 Å². The predicted molar refractivity (Wildman–Crippen MR) is 17.3 cm³/mol. The Hall–Kier alpha value is 1.90. The smallest absolute Gasteiger partial charge is 0 e. The Morgan fingerprint density at radius 3 is 1.00 bits per heavy atom. The van der Waals surface area contributed by atoms with Crippen LogP contribution in [0.3, 0.4) is 0 Å². The molecule has 0 atom stereocenters. The molecule has 0 fully saturated rings. The zero-order valence-electron chi connectivity index (χ0n) is 3.27. The van der Waals surface area contributed by atoms with E-state index in [0.717, 1.165) is 0 Å². The summed E-state index contributed by atoms with van der Waals surface area (Å²) >= 11 is -5.25. The van der Waals surface area contributed by atoms with Gasteiger partial charge in [0.25, 0.3) is 0 Å². The van der Waals surface area contributed by atoms with Gasteiger partial charge in [-0.3, -0.25) is 0 Å². The quantitative estimate of drug-likeness (QED) is 0.354. The van der Waals surface area contributed by atoms with Crippen molar-refractivity contribution in [2.75, 3.05) is 0 Å². The monoisotopic (exact) mass is 528 g/mol. The van der Waals surface area contributed by atoms with Crippen LogP contribution in [0.1, 0.15) is 0 Å². The van der Waals surface area contributed by atoms with Gasteiger partial charge >= 0.3 is 29.5 Å². The molecule has 0 unspecified atom stereocenters. The van der Waals surface area contributed by atoms with Crippen LogP contribution in [0.2, 0.25) is 0 Å². The van der Waals surface area contributed by atoms with Crippen molar-refractivity contribution in [1.29, 1.82) is 0 Å². The topological polar surface area (TPSA) is 74.6 Å². The number of hydrogen-bond donors (Lipinski definition) is 2. The second-order valence-electron chi connectivity index (χ2n) is 0.448. The van der Waals surface area contributed by atoms with Gasteiger partial charge < -0.3 is 0 Å². The minimum atomic E-state index is -5.25. The minimum Gasteiger partial charge on any atom is 0 e. The van der Waals surface area contributed by atoms with Crippen LogP contribution in [0.4, 0.5) is 0 Å². The molecule has 0 bridgehead atoms. The van der Waals surface area contributed by atoms with E-state index < -0.39 is 13.6 Å². The molecule has 0 aliphatic heterocycles. The SMILES string of the molecule is [O]=[Cr](=[O])([OH])[OH].[Tl].[Tl]. The van der Waals surface area contributed by atoms with Crippen molar-refractivity contribution in [3.63, 3.8) is 0 Å². The Morgan fingerprint density at radius 2 is 1.00 bits per heavy atom. The molecular weight excluding hydrogens is 525 g/mol. The van der Waals surface area contributed by atoms with Gasteiger partial charge in [0.2, 0.25) is 0 Å². The average Bonchev–Trinajstić information content (AvgIpc) is 0.722. The van der Waals surface area contributed by atoms with E-state index in [2.05, 4.69) is 0 Å². The summed E-state index contributed by atoms with van der Waals surface area (Å²) in [4.78, 5) is 0. The van der Waals surface area contributed by atoms with Gasteiger partial charge in [-0.1, -0.05) is 0 Å². The molecule has 7 heteroatoms. The first-order chi connectivity index (χ1) is 2.00. The third-order valence-corrected chi connectivity index (χ3v) is 0. The molecule has 0 aromatic rings. The molecule has 0 heterocycles. The maximum atomic E-state index is 8.82. The van der Waals surface area contributed by atoms with Crippen LogP contribution >= 0.6 is 0 Å². The van der Waals surface area contributed by atoms with Gasteiger partial charge in [0.05, 0.1) is 0 Å². The molecule has 0 rings (SSSR count). The van der Waals surface area contributed by atoms with Gasteiger partial charge in [-0.2, -0.15) is 0 Å². The van der Waals surface area contributed by atoms with Gasteiger partial charge in [0, 0.05) is 54.6 Å². The Labute approximate surface area is 83.0 Å². The van der Waals surface area contributed by atoms with E-state index in [1.165, 1.54) is 0 Å². The standard InChI is InChI=1S/Cr.2H2O.2O.2Tl/h;2*1H2;;;;/q+2;;;;;;/p-2. The summed E-state index contributed by atoms with van der Waals surface area (Å²) in [5, 5.41) is 0. The minimum absolute atomic E-state index is 0. The van der Waals surface area contributed by atoms with Gasteiger partial charge in [0.1, 0.15) is 0 Å². The van der Waals surface area contributed by atoms with Crippen molar-refractivity contribution in [3.05, 3.63) is 0 Å². The zero-order valence-corrected chi connectivity index (χ0v) is 13.5. The molecule has 0 aromatic heterocycles. The summed E-state index contributed by atoms with van der Waals surface area (Å²) in [6, 6.07) is 0. The van der Waals surface area contributed by atoms with Crippen molar-refractivity contribution in [1.82, 2.24) is 0 Å². The molecule has 2 radical (unpaired) electrons. The van der Waals surface area contributed by atoms with E-state index in [1.807, 2.05) is 0 Å². The fourth-order valence-electron chi connectivity index (χ4n) is 0. The molecule has 0 aromatic carbocycles. The second kappa shape index (κ2) is 6.02. The van der Waals surface area contributed by atoms with Gasteiger partial charge in [-0.15, -0.1) is 0 Å². The van der Waals surface area contributed by atoms with E-state index in [-0.39, 0.29) is 54.6 Å². The molecule has 2 N–H and O–H groups in total. The van der Waals surface area contributed by atoms with Crippen molar-refractivity contribution < 1.29 is 29.5 Å². The van der Waals surface area contributed by atoms with Crippen LogP contribution in [-0.2, 0) is 21.2 Å². The maximum absolute atomic E-state index is 8.82. The predicted octanol–water partition coefficient (Wildman–Crippen LogP) is -2.12. The largest absolute Gasteiger partial charge is 0 e. The molecular formula is H2CrO4Tl2. The Balaban J connectivity index is -0.0000000800. The van der Waals surface area contributed by atoms with E-state index in [9.17, 15) is 0 Å². The average molecular weight is 527 g/mol. The summed E-state index contributed by atoms with van der Waals surface area (Å²) in [6.45, 7) is 0. The van der Waals surface area contributed by atoms with Crippen molar-refractivity contribution in [2.24, 2.45) is 0 Å². The summed E-state index contributed by atoms with van der Waals surface area (Å²) < 4.78 is 31.9. The maximum Gasteiger partial charge on any atom is 0 e. The van der Waals surface area contributed by atoms with E-state index in [0.29, 0.717) is 0 Å². The van der Waals surface area contributed by atoms with Crippen LogP contribution in [0.5, 0.6) is 0 Å². The van der Waals surface area contributed by atoms with Crippen LogP contribution in [0, 0.1) is 0 Å². The first-order valence-corrected chi connectivity index (χ1v) is 2.88. The first kappa shape index (κ1) is 16.0. The van der Waals surface area contributed by atoms with E-state index in [4.69, 9.17) is 15.9 Å². The van der Waals surface area contributed by atoms with E-state index in [1.54, 1.807) is 0 Å². The van der Waals surface area contributed by atoms with Gasteiger partial charge in [-0.05, 0) is 0 Å². The molecule has 4 nitrogen and oxygen atoms in total. The fourth-order valence-corrected chi connectivity index (χ4v) is 0. The van der Waals surface area contributed by atoms with Crippen molar-refractivity contribution in [2.45, 2.75) is 0 Å². The summed E-state index contributed by atoms with van der Waals surface area (Å²) in [6.07, 6.45) is 0. The van der Waals surface area contributed by atoms with E-state index >= 15 is 0 Å². The number of rotatable bonds is 0. The Kier molecular flexibility index (Phi) is 13.7. The summed E-state index contributed by atoms with van der Waals surface area (Å²) in [5.74, 6) is 0. The third-order valence-electron chi connectivity index (χ3n) is 0. The normalized spacial score (nSPS) is 8.29. The van der Waals surface area contributed by atoms with Gasteiger partial charge in [-0.25, -0.2) is 0 Å². The van der Waals surface area contributed by atoms with Crippen molar-refractivity contribution in [3.8, 4) is 0 Å². The summed E-state index contributed by atoms with van der Waals surface area (Å²) in [5.41, 5.74) is 0. The Morgan fingerprint density at radius 1 is 1.00 bits per heavy atom. The molecule has 0 amide bonds. The second-order valence-corrected chi connectivity index (χ2v) is 1.85. The molecule has 38 valence electrons. The molecule has 0 saturated carbocycles. The van der Waals surface area contributed by atoms with Crippen LogP contribution in [-0.4, -0.2) is 62.9 Å². The molecule has 0 aliphatic rings. The summed E-state index contributed by atoms with van der Waals surface area (Å²) in [7, 11) is 0. The number of hydrogen-bond acceptors (Lipinski definition) is 2. The molecule has 0 spiro atoms. The van der Waals surface area contributed by atoms with Crippen LogP contribution in [0.15, 0.2) is 0 Å². The first-order valence-electron chi connectivity index (χ1n) is 0.698. The molecule has 0 saturated heterocycles. The zero-order chi connectivity index (χ0) is 4.50. The third kappa shape index (κ3) is 76.3. The van der Waals surface area contributed by atoms with Crippen LogP contribution in [0.25, 0.3) is 0 Å². The molecule has 0 aliphatic carbocycles. The fraction of sp³-hybridized carbons (Fsp3) is 0. The van der Waals surface area contributed by atoms with Crippen LogP contribution < -0.4 is 0 Å². The Bertz CT molecular complexity index is 92.9. The molecule has 7 heavy (non-hydrogen) atoms. The van der Waals surface area contributed by atoms with Crippen molar-refractivity contribution >= 4 is 54.6 Å².